The second kappa shape index (κ2) is 11.2. The minimum Gasteiger partial charge on any atom is -0.505 e. The summed E-state index contributed by atoms with van der Waals surface area (Å²) in [6, 6.07) is 10.1. The van der Waals surface area contributed by atoms with Gasteiger partial charge in [-0.1, -0.05) is 29.8 Å². The zero-order chi connectivity index (χ0) is 33.1. The molecule has 0 radical (unpaired) electrons. The first-order valence-electron chi connectivity index (χ1n) is 12.0. The van der Waals surface area contributed by atoms with Gasteiger partial charge in [0.25, 0.3) is 30.4 Å². The van der Waals surface area contributed by atoms with Gasteiger partial charge in [0.1, 0.15) is 31.1 Å². The maximum atomic E-state index is 13.7. The predicted molar refractivity (Wildman–Crippen MR) is 158 cm³/mol. The first-order chi connectivity index (χ1) is 20.9. The van der Waals surface area contributed by atoms with E-state index >= 15 is 0 Å². The number of anilines is 2. The van der Waals surface area contributed by atoms with Gasteiger partial charge in [-0.3, -0.25) is 13.7 Å². The van der Waals surface area contributed by atoms with Crippen LogP contribution in [0.25, 0.3) is 21.5 Å². The summed E-state index contributed by atoms with van der Waals surface area (Å²) in [6.07, 6.45) is -1.07. The number of aryl methyl sites for hydroxylation is 1. The predicted octanol–water partition coefficient (Wildman–Crippen LogP) is 5.49. The van der Waals surface area contributed by atoms with Crippen LogP contribution in [0, 0.1) is 13.0 Å². The van der Waals surface area contributed by atoms with Crippen molar-refractivity contribution in [1.82, 2.24) is 9.97 Å². The highest BCUT2D eigenvalue weighted by atomic mass is 35.5. The van der Waals surface area contributed by atoms with Crippen LogP contribution in [0.1, 0.15) is 5.69 Å². The van der Waals surface area contributed by atoms with Gasteiger partial charge in [0.05, 0.1) is 5.69 Å². The maximum Gasteiger partial charge on any atom is 0.310 e. The smallest absolute Gasteiger partial charge is 0.310 e. The molecule has 0 amide bonds. The van der Waals surface area contributed by atoms with Gasteiger partial charge >= 0.3 is 6.08 Å². The van der Waals surface area contributed by atoms with Crippen LogP contribution in [-0.2, 0) is 30.4 Å². The van der Waals surface area contributed by atoms with Crippen molar-refractivity contribution in [1.29, 1.82) is 0 Å². The summed E-state index contributed by atoms with van der Waals surface area (Å²) < 4.78 is 116. The lowest BCUT2D eigenvalue weighted by Crippen LogP contribution is -2.03. The summed E-state index contributed by atoms with van der Waals surface area (Å²) in [4.78, 5) is 4.48. The topological polar surface area (TPSA) is 246 Å². The van der Waals surface area contributed by atoms with Gasteiger partial charge in [-0.15, -0.1) is 10.2 Å². The third-order valence-electron chi connectivity index (χ3n) is 6.33. The number of nitrogens with zero attached hydrogens (tertiary/aromatic N) is 4. The molecule has 0 saturated carbocycles. The Labute approximate surface area is 258 Å². The van der Waals surface area contributed by atoms with E-state index in [2.05, 4.69) is 25.5 Å². The Hall–Kier alpha value is -4.37. The molecule has 1 aromatic heterocycles. The molecule has 0 aliphatic rings. The molecule has 0 spiro atoms. The van der Waals surface area contributed by atoms with Crippen LogP contribution in [0.4, 0.5) is 27.3 Å². The number of benzene rings is 4. The molecule has 0 unspecified atom stereocenters. The highest BCUT2D eigenvalue weighted by molar-refractivity contribution is 7.86. The van der Waals surface area contributed by atoms with Crippen LogP contribution < -0.4 is 5.32 Å². The number of rotatable bonds is 7. The van der Waals surface area contributed by atoms with Crippen molar-refractivity contribution in [2.45, 2.75) is 21.6 Å². The van der Waals surface area contributed by atoms with Crippen LogP contribution in [0.15, 0.2) is 79.5 Å². The second-order valence-corrected chi connectivity index (χ2v) is 13.8. The number of halogens is 2. The third kappa shape index (κ3) is 6.27. The molecule has 1 heterocycles. The van der Waals surface area contributed by atoms with Gasteiger partial charge in [0.15, 0.2) is 11.6 Å². The van der Waals surface area contributed by atoms with E-state index in [1.54, 1.807) is 0 Å². The van der Waals surface area contributed by atoms with Crippen LogP contribution in [0.2, 0.25) is 5.02 Å². The van der Waals surface area contributed by atoms with Crippen molar-refractivity contribution in [3.63, 3.8) is 0 Å². The third-order valence-corrected chi connectivity index (χ3v) is 9.50. The van der Waals surface area contributed by atoms with Gasteiger partial charge in [-0.2, -0.15) is 34.6 Å². The number of nitrogens with one attached hydrogen (secondary N) is 1. The van der Waals surface area contributed by atoms with Crippen molar-refractivity contribution < 1.29 is 48.4 Å². The van der Waals surface area contributed by atoms with E-state index in [9.17, 15) is 48.4 Å². The zero-order valence-electron chi connectivity index (χ0n) is 22.2. The molecule has 0 atom stereocenters. The Morgan fingerprint density at radius 3 is 2.11 bits per heavy atom. The summed E-state index contributed by atoms with van der Waals surface area (Å²) in [7, 11) is -15.1. The molecule has 0 bridgehead atoms. The SMILES string of the molecule is Cc1nc(F)nc(Nc2ccc3c(O)c(N=Nc4ccc5c(S(=O)(=O)O)cccc5c4S(=O)(=O)O)c(S(=O)(=O)O)cc3c2)c1Cl. The summed E-state index contributed by atoms with van der Waals surface area (Å²) >= 11 is 6.13. The van der Waals surface area contributed by atoms with Gasteiger partial charge in [-0.25, -0.2) is 4.98 Å². The summed E-state index contributed by atoms with van der Waals surface area (Å²) in [5, 5.41) is 20.4. The molecule has 20 heteroatoms. The van der Waals surface area contributed by atoms with Gasteiger partial charge < -0.3 is 10.4 Å². The van der Waals surface area contributed by atoms with E-state index in [0.717, 1.165) is 36.4 Å². The summed E-state index contributed by atoms with van der Waals surface area (Å²) in [5.41, 5.74) is -1.11. The van der Waals surface area contributed by atoms with E-state index in [1.165, 1.54) is 25.1 Å². The molecule has 45 heavy (non-hydrogen) atoms. The van der Waals surface area contributed by atoms with Gasteiger partial charge in [0, 0.05) is 21.8 Å². The molecule has 0 aliphatic carbocycles. The fourth-order valence-electron chi connectivity index (χ4n) is 4.44. The number of hydrogen-bond acceptors (Lipinski definition) is 12. The van der Waals surface area contributed by atoms with E-state index in [1.807, 2.05) is 0 Å². The van der Waals surface area contributed by atoms with Crippen molar-refractivity contribution in [3.8, 4) is 5.75 Å². The fraction of sp³-hybridized carbons (Fsp3) is 0.0400. The molecular weight excluding hydrogens is 681 g/mol. The highest BCUT2D eigenvalue weighted by Crippen LogP contribution is 2.43. The molecule has 15 nitrogen and oxygen atoms in total. The Morgan fingerprint density at radius 2 is 1.47 bits per heavy atom. The van der Waals surface area contributed by atoms with Crippen LogP contribution >= 0.6 is 11.6 Å². The lowest BCUT2D eigenvalue weighted by molar-refractivity contribution is 0.472. The number of aromatic nitrogens is 2. The van der Waals surface area contributed by atoms with Crippen LogP contribution in [0.5, 0.6) is 5.75 Å². The van der Waals surface area contributed by atoms with Crippen LogP contribution in [0.3, 0.4) is 0 Å². The lowest BCUT2D eigenvalue weighted by Gasteiger charge is -2.12. The first-order valence-corrected chi connectivity index (χ1v) is 16.7. The second-order valence-electron chi connectivity index (χ2n) is 9.26. The largest absolute Gasteiger partial charge is 0.505 e. The molecule has 5 aromatic rings. The normalized spacial score (nSPS) is 12.8. The quantitative estimate of drug-likeness (QED) is 0.0803. The number of hydrogen-bond donors (Lipinski definition) is 5. The van der Waals surface area contributed by atoms with E-state index in [4.69, 9.17) is 11.6 Å². The van der Waals surface area contributed by atoms with E-state index in [-0.39, 0.29) is 43.8 Å². The Bertz CT molecular complexity index is 2440. The minimum atomic E-state index is -5.16. The molecule has 5 rings (SSSR count). The Morgan fingerprint density at radius 1 is 0.800 bits per heavy atom. The monoisotopic (exact) mass is 697 g/mol. The molecule has 5 N–H and O–H groups in total. The number of phenols is 1. The average Bonchev–Trinajstić information content (AvgIpc) is 2.92. The zero-order valence-corrected chi connectivity index (χ0v) is 25.4. The van der Waals surface area contributed by atoms with Gasteiger partial charge in [0.2, 0.25) is 0 Å². The van der Waals surface area contributed by atoms with E-state index in [0.29, 0.717) is 0 Å². The number of aromatic hydroxyl groups is 1. The molecule has 4 aromatic carbocycles. The average molecular weight is 698 g/mol. The first kappa shape index (κ1) is 32.0. The minimum absolute atomic E-state index is 0.000825. The molecule has 0 aliphatic heterocycles. The number of azo groups is 1. The van der Waals surface area contributed by atoms with Crippen LogP contribution in [-0.4, -0.2) is 54.0 Å². The van der Waals surface area contributed by atoms with Crippen molar-refractivity contribution in [3.05, 3.63) is 71.4 Å². The highest BCUT2D eigenvalue weighted by Gasteiger charge is 2.25. The summed E-state index contributed by atoms with van der Waals surface area (Å²) in [5.74, 6) is -0.931. The van der Waals surface area contributed by atoms with Crippen molar-refractivity contribution in [2.75, 3.05) is 5.32 Å². The molecular formula is C25H17ClFN5O10S3. The summed E-state index contributed by atoms with van der Waals surface area (Å²) in [6.45, 7) is 1.44. The van der Waals surface area contributed by atoms with E-state index < -0.39 is 68.2 Å². The maximum absolute atomic E-state index is 13.7. The standard InChI is InChI=1S/C25H17ClFN5O10S3/c1-11-20(26)24(30-25(27)28-11)29-13-5-6-14-12(9-13)10-19(44(37,38)39)21(22(14)33)32-31-17-8-7-15-16(23(17)45(40,41)42)3-2-4-18(15)43(34,35)36/h2-10,33H,1H3,(H,28,29,30)(H,34,35,36)(H,37,38,39)(H,40,41,42). The molecule has 0 fully saturated rings. The molecule has 0 saturated heterocycles. The van der Waals surface area contributed by atoms with Crippen molar-refractivity contribution in [2.24, 2.45) is 10.2 Å². The van der Waals surface area contributed by atoms with Crippen molar-refractivity contribution >= 4 is 86.4 Å². The number of fused-ring (bicyclic) bond motifs is 2. The fourth-order valence-corrected chi connectivity index (χ4v) is 6.76. The molecule has 234 valence electrons. The number of phenolic OH excluding ortho intramolecular Hbond substituents is 1. The lowest BCUT2D eigenvalue weighted by atomic mass is 10.1. The Balaban J connectivity index is 1.68. The van der Waals surface area contributed by atoms with Gasteiger partial charge in [-0.05, 0) is 48.7 Å². The Kier molecular flexibility index (Phi) is 7.98.